The number of carbonyl (C=O) groups excluding carboxylic acids is 2. The van der Waals surface area contributed by atoms with Crippen LogP contribution in [0.2, 0.25) is 0 Å². The molecule has 0 unspecified atom stereocenters. The summed E-state index contributed by atoms with van der Waals surface area (Å²) in [7, 11) is 1.57. The highest BCUT2D eigenvalue weighted by Gasteiger charge is 2.15. The molecule has 9 heteroatoms. The monoisotopic (exact) mass is 381 g/mol. The molecule has 0 saturated carbocycles. The summed E-state index contributed by atoms with van der Waals surface area (Å²) >= 11 is 0. The summed E-state index contributed by atoms with van der Waals surface area (Å²) in [5.74, 6) is -0.461. The fraction of sp³-hybridized carbons (Fsp3) is 0.105. The number of hydrogen-bond acceptors (Lipinski definition) is 5. The lowest BCUT2D eigenvalue weighted by atomic mass is 10.2. The Kier molecular flexibility index (Phi) is 5.45. The molecule has 0 saturated heterocycles. The number of aromatic nitrogens is 2. The average molecular weight is 381 g/mol. The lowest BCUT2D eigenvalue weighted by molar-refractivity contribution is 0.0989. The van der Waals surface area contributed by atoms with Crippen molar-refractivity contribution in [3.05, 3.63) is 66.1 Å². The van der Waals surface area contributed by atoms with E-state index in [9.17, 15) is 14.7 Å². The second-order valence-corrected chi connectivity index (χ2v) is 5.91. The zero-order valence-corrected chi connectivity index (χ0v) is 15.0. The van der Waals surface area contributed by atoms with E-state index in [4.69, 9.17) is 10.5 Å². The van der Waals surface area contributed by atoms with E-state index in [1.165, 1.54) is 10.9 Å². The molecule has 2 aromatic carbocycles. The fourth-order valence-electron chi connectivity index (χ4n) is 2.60. The van der Waals surface area contributed by atoms with Gasteiger partial charge in [0.25, 0.3) is 5.91 Å². The maximum absolute atomic E-state index is 12.1. The number of ether oxygens (including phenoxy) is 1. The van der Waals surface area contributed by atoms with Crippen molar-refractivity contribution in [2.24, 2.45) is 5.73 Å². The van der Waals surface area contributed by atoms with Crippen LogP contribution in [0.4, 0.5) is 16.2 Å². The van der Waals surface area contributed by atoms with E-state index in [0.717, 1.165) is 5.56 Å². The number of benzene rings is 2. The minimum absolute atomic E-state index is 0.0546. The van der Waals surface area contributed by atoms with E-state index in [2.05, 4.69) is 15.6 Å². The van der Waals surface area contributed by atoms with Crippen LogP contribution in [0.25, 0.3) is 0 Å². The van der Waals surface area contributed by atoms with Crippen LogP contribution < -0.4 is 21.1 Å². The molecular formula is C19H19N5O4. The van der Waals surface area contributed by atoms with Gasteiger partial charge in [-0.2, -0.15) is 0 Å². The van der Waals surface area contributed by atoms with Crippen molar-refractivity contribution in [1.29, 1.82) is 0 Å². The van der Waals surface area contributed by atoms with Gasteiger partial charge in [-0.25, -0.2) is 9.78 Å². The van der Waals surface area contributed by atoms with Gasteiger partial charge in [-0.1, -0.05) is 12.1 Å². The van der Waals surface area contributed by atoms with Crippen LogP contribution in [-0.4, -0.2) is 33.7 Å². The van der Waals surface area contributed by atoms with Gasteiger partial charge in [0.1, 0.15) is 5.75 Å². The summed E-state index contributed by atoms with van der Waals surface area (Å²) in [4.78, 5) is 27.2. The number of nitrogens with zero attached hydrogens (tertiary/aromatic N) is 2. The number of nitrogens with one attached hydrogen (secondary N) is 2. The molecule has 5 N–H and O–H groups in total. The number of nitrogens with two attached hydrogens (primary N) is 1. The Hall–Kier alpha value is -4.01. The van der Waals surface area contributed by atoms with Gasteiger partial charge in [-0.15, -0.1) is 0 Å². The van der Waals surface area contributed by atoms with E-state index >= 15 is 0 Å². The van der Waals surface area contributed by atoms with Gasteiger partial charge in [-0.05, 0) is 42.0 Å². The Morgan fingerprint density at radius 1 is 1.07 bits per heavy atom. The number of hydrogen-bond donors (Lipinski definition) is 4. The lowest BCUT2D eigenvalue weighted by Crippen LogP contribution is -2.19. The third kappa shape index (κ3) is 4.39. The van der Waals surface area contributed by atoms with Crippen molar-refractivity contribution in [1.82, 2.24) is 9.55 Å². The number of methoxy groups -OCH3 is 1. The predicted molar refractivity (Wildman–Crippen MR) is 104 cm³/mol. The first-order valence-corrected chi connectivity index (χ1v) is 8.31. The van der Waals surface area contributed by atoms with Crippen LogP contribution in [0.15, 0.2) is 54.9 Å². The highest BCUT2D eigenvalue weighted by molar-refractivity contribution is 5.99. The molecular weight excluding hydrogens is 362 g/mol. The molecule has 0 atom stereocenters. The van der Waals surface area contributed by atoms with Crippen LogP contribution in [0.1, 0.15) is 16.1 Å². The number of imidazole rings is 1. The van der Waals surface area contributed by atoms with Gasteiger partial charge in [-0.3, -0.25) is 4.79 Å². The van der Waals surface area contributed by atoms with E-state index < -0.39 is 11.8 Å². The van der Waals surface area contributed by atoms with Crippen LogP contribution >= 0.6 is 0 Å². The second kappa shape index (κ2) is 8.12. The summed E-state index contributed by atoms with van der Waals surface area (Å²) < 4.78 is 6.53. The molecule has 0 radical (unpaired) electrons. The number of aromatic hydroxyl groups is 1. The molecule has 3 rings (SSSR count). The number of anilines is 2. The van der Waals surface area contributed by atoms with Crippen LogP contribution in [0.3, 0.4) is 0 Å². The number of carbonyl (C=O) groups is 2. The minimum atomic E-state index is -0.761. The Morgan fingerprint density at radius 2 is 1.64 bits per heavy atom. The zero-order chi connectivity index (χ0) is 20.1. The van der Waals surface area contributed by atoms with E-state index in [0.29, 0.717) is 23.7 Å². The first kappa shape index (κ1) is 18.8. The smallest absolute Gasteiger partial charge is 0.323 e. The summed E-state index contributed by atoms with van der Waals surface area (Å²) in [6.07, 6.45) is 1.34. The maximum Gasteiger partial charge on any atom is 0.323 e. The van der Waals surface area contributed by atoms with Gasteiger partial charge >= 0.3 is 6.03 Å². The Labute approximate surface area is 160 Å². The molecule has 0 aliphatic rings. The first-order valence-electron chi connectivity index (χ1n) is 8.31. The van der Waals surface area contributed by atoms with Crippen LogP contribution in [0.5, 0.6) is 11.6 Å². The molecule has 0 aliphatic heterocycles. The normalized spacial score (nSPS) is 10.3. The Balaban J connectivity index is 1.61. The molecule has 0 bridgehead atoms. The van der Waals surface area contributed by atoms with Gasteiger partial charge in [0.15, 0.2) is 5.69 Å². The first-order chi connectivity index (χ1) is 13.5. The standard InChI is InChI=1S/C19H19N5O4/c1-28-15-8-6-14(7-9-15)23-19(27)22-13-4-2-12(3-5-13)10-24-11-21-18(26)16(24)17(20)25/h2-9,11,26H,10H2,1H3,(H2,20,25)(H2,22,23,27). The highest BCUT2D eigenvalue weighted by Crippen LogP contribution is 2.18. The Bertz CT molecular complexity index is 981. The van der Waals surface area contributed by atoms with Crippen LogP contribution in [0, 0.1) is 0 Å². The number of urea groups is 1. The molecule has 0 fully saturated rings. The van der Waals surface area contributed by atoms with Gasteiger partial charge in [0.2, 0.25) is 5.88 Å². The van der Waals surface area contributed by atoms with E-state index in [1.807, 2.05) is 0 Å². The fourth-order valence-corrected chi connectivity index (χ4v) is 2.60. The Morgan fingerprint density at radius 3 is 2.18 bits per heavy atom. The molecule has 9 nitrogen and oxygen atoms in total. The van der Waals surface area contributed by atoms with Gasteiger partial charge in [0, 0.05) is 17.9 Å². The number of amides is 3. The zero-order valence-electron chi connectivity index (χ0n) is 15.0. The molecule has 1 aromatic heterocycles. The van der Waals surface area contributed by atoms with Crippen molar-refractivity contribution in [2.45, 2.75) is 6.54 Å². The SMILES string of the molecule is COc1ccc(NC(=O)Nc2ccc(Cn3cnc(O)c3C(N)=O)cc2)cc1. The van der Waals surface area contributed by atoms with Crippen molar-refractivity contribution in [3.8, 4) is 11.6 Å². The summed E-state index contributed by atoms with van der Waals surface area (Å²) in [5.41, 5.74) is 7.26. The summed E-state index contributed by atoms with van der Waals surface area (Å²) in [6.45, 7) is 0.296. The molecule has 28 heavy (non-hydrogen) atoms. The molecule has 3 amide bonds. The highest BCUT2D eigenvalue weighted by atomic mass is 16.5. The summed E-state index contributed by atoms with van der Waals surface area (Å²) in [5, 5.41) is 15.0. The maximum atomic E-state index is 12.1. The lowest BCUT2D eigenvalue weighted by Gasteiger charge is -2.10. The van der Waals surface area contributed by atoms with Crippen molar-refractivity contribution < 1.29 is 19.4 Å². The van der Waals surface area contributed by atoms with E-state index in [-0.39, 0.29) is 11.7 Å². The van der Waals surface area contributed by atoms with Gasteiger partial charge in [0.05, 0.1) is 13.4 Å². The third-order valence-corrected chi connectivity index (χ3v) is 3.96. The number of rotatable bonds is 6. The average Bonchev–Trinajstić information content (AvgIpc) is 3.04. The van der Waals surface area contributed by atoms with Crippen LogP contribution in [-0.2, 0) is 6.54 Å². The largest absolute Gasteiger partial charge is 0.497 e. The predicted octanol–water partition coefficient (Wildman–Crippen LogP) is 2.39. The van der Waals surface area contributed by atoms with Crippen molar-refractivity contribution >= 4 is 23.3 Å². The quantitative estimate of drug-likeness (QED) is 0.521. The molecule has 1 heterocycles. The number of primary amides is 1. The molecule has 144 valence electrons. The topological polar surface area (TPSA) is 132 Å². The summed E-state index contributed by atoms with van der Waals surface area (Å²) in [6, 6.07) is 13.6. The third-order valence-electron chi connectivity index (χ3n) is 3.96. The van der Waals surface area contributed by atoms with E-state index in [1.54, 1.807) is 55.6 Å². The molecule has 0 spiro atoms. The molecule has 0 aliphatic carbocycles. The van der Waals surface area contributed by atoms with Crippen molar-refractivity contribution in [3.63, 3.8) is 0 Å². The minimum Gasteiger partial charge on any atom is -0.497 e. The van der Waals surface area contributed by atoms with Crippen molar-refractivity contribution in [2.75, 3.05) is 17.7 Å². The second-order valence-electron chi connectivity index (χ2n) is 5.91. The van der Waals surface area contributed by atoms with Gasteiger partial charge < -0.3 is 30.8 Å². The molecule has 3 aromatic rings.